The van der Waals surface area contributed by atoms with Crippen LogP contribution in [-0.4, -0.2) is 16.4 Å². The molecule has 0 fully saturated rings. The zero-order valence-corrected chi connectivity index (χ0v) is 8.23. The van der Waals surface area contributed by atoms with Gasteiger partial charge >= 0.3 is 5.97 Å². The van der Waals surface area contributed by atoms with Crippen LogP contribution in [-0.2, 0) is 4.79 Å². The molecule has 2 N–H and O–H groups in total. The van der Waals surface area contributed by atoms with Crippen LogP contribution < -0.4 is 5.32 Å². The maximum Gasteiger partial charge on any atom is 0.344 e. The molecule has 0 radical (unpaired) electrons. The molecule has 1 aliphatic rings. The second kappa shape index (κ2) is 3.39. The molecule has 1 aliphatic heterocycles. The molecule has 0 amide bonds. The van der Waals surface area contributed by atoms with E-state index in [-0.39, 0.29) is 11.3 Å². The first-order chi connectivity index (χ1) is 5.52. The Kier molecular flexibility index (Phi) is 2.67. The Balaban J connectivity index is 2.89. The van der Waals surface area contributed by atoms with Gasteiger partial charge in [-0.05, 0) is 12.8 Å². The monoisotopic (exact) mass is 187 g/mol. The summed E-state index contributed by atoms with van der Waals surface area (Å²) < 4.78 is 0. The smallest absolute Gasteiger partial charge is 0.344 e. The minimum Gasteiger partial charge on any atom is -0.477 e. The van der Waals surface area contributed by atoms with Crippen LogP contribution in [0.5, 0.6) is 0 Å². The van der Waals surface area contributed by atoms with Crippen molar-refractivity contribution in [1.29, 1.82) is 0 Å². The average molecular weight is 187 g/mol. The lowest BCUT2D eigenvalue weighted by Gasteiger charge is -2.09. The lowest BCUT2D eigenvalue weighted by Crippen LogP contribution is -2.19. The Bertz CT molecular complexity index is 235. The van der Waals surface area contributed by atoms with Crippen molar-refractivity contribution >= 4 is 17.7 Å². The van der Waals surface area contributed by atoms with Crippen molar-refractivity contribution in [3.63, 3.8) is 0 Å². The zero-order valence-electron chi connectivity index (χ0n) is 7.42. The summed E-state index contributed by atoms with van der Waals surface area (Å²) in [5.74, 6) is -0.561. The van der Waals surface area contributed by atoms with Crippen LogP contribution in [0.1, 0.15) is 20.8 Å². The Morgan fingerprint density at radius 3 is 2.58 bits per heavy atom. The number of carboxylic acids is 1. The highest BCUT2D eigenvalue weighted by Gasteiger charge is 2.27. The number of thioether (sulfide) groups is 1. The van der Waals surface area contributed by atoms with Crippen molar-refractivity contribution < 1.29 is 9.90 Å². The zero-order chi connectivity index (χ0) is 9.30. The lowest BCUT2D eigenvalue weighted by atomic mass is 10.1. The molecule has 0 bridgehead atoms. The van der Waals surface area contributed by atoms with E-state index >= 15 is 0 Å². The number of hydrogen-bond acceptors (Lipinski definition) is 3. The number of carbonyl (C=O) groups is 1. The highest BCUT2D eigenvalue weighted by Crippen LogP contribution is 2.33. The molecule has 68 valence electrons. The van der Waals surface area contributed by atoms with E-state index in [1.165, 1.54) is 11.8 Å². The van der Waals surface area contributed by atoms with E-state index in [4.69, 9.17) is 5.11 Å². The minimum atomic E-state index is -0.819. The number of allylic oxidation sites excluding steroid dienone is 1. The topological polar surface area (TPSA) is 49.3 Å². The molecule has 1 heterocycles. The molecule has 0 saturated heterocycles. The summed E-state index contributed by atoms with van der Waals surface area (Å²) in [5.41, 5.74) is 0.861. The van der Waals surface area contributed by atoms with E-state index < -0.39 is 5.97 Å². The number of aliphatic carboxylic acids is 1. The van der Waals surface area contributed by atoms with E-state index in [0.29, 0.717) is 4.91 Å². The molecule has 3 nitrogen and oxygen atoms in total. The Morgan fingerprint density at radius 2 is 2.25 bits per heavy atom. The molecule has 0 spiro atoms. The molecular weight excluding hydrogens is 174 g/mol. The molecule has 0 aromatic carbocycles. The van der Waals surface area contributed by atoms with Crippen molar-refractivity contribution in [2.24, 2.45) is 5.92 Å². The summed E-state index contributed by atoms with van der Waals surface area (Å²) >= 11 is 1.38. The molecule has 1 rings (SSSR count). The minimum absolute atomic E-state index is 0.188. The molecular formula is C8H13NO2S. The van der Waals surface area contributed by atoms with Gasteiger partial charge in [-0.1, -0.05) is 25.6 Å². The quantitative estimate of drug-likeness (QED) is 0.689. The molecule has 0 aliphatic carbocycles. The van der Waals surface area contributed by atoms with Crippen LogP contribution in [0.4, 0.5) is 0 Å². The first-order valence-corrected chi connectivity index (χ1v) is 4.81. The molecule has 0 saturated carbocycles. The summed E-state index contributed by atoms with van der Waals surface area (Å²) in [6, 6.07) is 0. The van der Waals surface area contributed by atoms with Crippen LogP contribution >= 0.6 is 11.8 Å². The fourth-order valence-corrected chi connectivity index (χ4v) is 2.21. The van der Waals surface area contributed by atoms with Gasteiger partial charge in [-0.2, -0.15) is 0 Å². The van der Waals surface area contributed by atoms with E-state index in [9.17, 15) is 4.79 Å². The molecule has 12 heavy (non-hydrogen) atoms. The maximum absolute atomic E-state index is 10.7. The number of carboxylic acid groups (broad SMARTS) is 1. The van der Waals surface area contributed by atoms with E-state index in [1.54, 1.807) is 0 Å². The van der Waals surface area contributed by atoms with Gasteiger partial charge in [0.05, 0.1) is 5.37 Å². The number of rotatable bonds is 2. The van der Waals surface area contributed by atoms with Crippen molar-refractivity contribution in [1.82, 2.24) is 5.32 Å². The van der Waals surface area contributed by atoms with Crippen LogP contribution in [0.3, 0.4) is 0 Å². The number of hydrogen-bond donors (Lipinski definition) is 2. The summed E-state index contributed by atoms with van der Waals surface area (Å²) in [4.78, 5) is 11.2. The second-order valence-electron chi connectivity index (χ2n) is 3.11. The van der Waals surface area contributed by atoms with Crippen LogP contribution in [0.15, 0.2) is 10.6 Å². The van der Waals surface area contributed by atoms with Gasteiger partial charge in [0.2, 0.25) is 0 Å². The van der Waals surface area contributed by atoms with Gasteiger partial charge in [-0.25, -0.2) is 4.79 Å². The normalized spacial score (nSPS) is 23.2. The average Bonchev–Trinajstić information content (AvgIpc) is 2.31. The van der Waals surface area contributed by atoms with E-state index in [1.807, 2.05) is 20.8 Å². The molecule has 0 aromatic rings. The summed E-state index contributed by atoms with van der Waals surface area (Å²) in [6.07, 6.45) is 0. The Hall–Kier alpha value is -0.640. The van der Waals surface area contributed by atoms with Gasteiger partial charge in [0, 0.05) is 5.70 Å². The Labute approximate surface area is 76.2 Å². The largest absolute Gasteiger partial charge is 0.477 e. The van der Waals surface area contributed by atoms with Gasteiger partial charge in [0.15, 0.2) is 0 Å². The SMILES string of the molecule is CC1NC(C(C)C)=C(C(=O)O)S1. The molecule has 1 unspecified atom stereocenters. The first kappa shape index (κ1) is 9.45. The van der Waals surface area contributed by atoms with Crippen LogP contribution in [0, 0.1) is 5.92 Å². The summed E-state index contributed by atoms with van der Waals surface area (Å²) in [5, 5.41) is 12.2. The standard InChI is InChI=1S/C8H13NO2S/c1-4(2)6-7(8(10)11)12-5(3)9-6/h4-5,9H,1-3H3,(H,10,11). The van der Waals surface area contributed by atoms with Crippen molar-refractivity contribution in [3.8, 4) is 0 Å². The van der Waals surface area contributed by atoms with Crippen molar-refractivity contribution in [3.05, 3.63) is 10.6 Å². The highest BCUT2D eigenvalue weighted by molar-refractivity contribution is 8.04. The van der Waals surface area contributed by atoms with E-state index in [0.717, 1.165) is 5.70 Å². The predicted molar refractivity (Wildman–Crippen MR) is 49.7 cm³/mol. The third-order valence-electron chi connectivity index (χ3n) is 1.67. The van der Waals surface area contributed by atoms with Crippen LogP contribution in [0.2, 0.25) is 0 Å². The van der Waals surface area contributed by atoms with E-state index in [2.05, 4.69) is 5.32 Å². The van der Waals surface area contributed by atoms with Crippen molar-refractivity contribution in [2.75, 3.05) is 0 Å². The summed E-state index contributed by atoms with van der Waals surface area (Å²) in [6.45, 7) is 5.94. The van der Waals surface area contributed by atoms with Gasteiger partial charge in [0.25, 0.3) is 0 Å². The molecule has 1 atom stereocenters. The van der Waals surface area contributed by atoms with Gasteiger partial charge in [-0.15, -0.1) is 0 Å². The van der Waals surface area contributed by atoms with Crippen LogP contribution in [0.25, 0.3) is 0 Å². The van der Waals surface area contributed by atoms with Gasteiger partial charge in [0.1, 0.15) is 4.91 Å². The maximum atomic E-state index is 10.7. The molecule has 4 heteroatoms. The first-order valence-electron chi connectivity index (χ1n) is 3.93. The van der Waals surface area contributed by atoms with Gasteiger partial charge < -0.3 is 10.4 Å². The predicted octanol–water partition coefficient (Wildman–Crippen LogP) is 1.62. The van der Waals surface area contributed by atoms with Crippen molar-refractivity contribution in [2.45, 2.75) is 26.1 Å². The highest BCUT2D eigenvalue weighted by atomic mass is 32.2. The Morgan fingerprint density at radius 1 is 1.67 bits per heavy atom. The summed E-state index contributed by atoms with van der Waals surface area (Å²) in [7, 11) is 0. The third-order valence-corrected chi connectivity index (χ3v) is 2.77. The second-order valence-corrected chi connectivity index (χ2v) is 4.46. The number of nitrogens with one attached hydrogen (secondary N) is 1. The fourth-order valence-electron chi connectivity index (χ4n) is 1.15. The lowest BCUT2D eigenvalue weighted by molar-refractivity contribution is -0.131. The molecule has 0 aromatic heterocycles. The third kappa shape index (κ3) is 1.75. The fraction of sp³-hybridized carbons (Fsp3) is 0.625. The van der Waals surface area contributed by atoms with Gasteiger partial charge in [-0.3, -0.25) is 0 Å².